The molecule has 0 radical (unpaired) electrons. The fourth-order valence-electron chi connectivity index (χ4n) is 1.21. The van der Waals surface area contributed by atoms with Crippen molar-refractivity contribution in [3.63, 3.8) is 0 Å². The molecule has 1 heterocycles. The van der Waals surface area contributed by atoms with Gasteiger partial charge in [-0.1, -0.05) is 20.8 Å². The Morgan fingerprint density at radius 3 is 2.76 bits per heavy atom. The predicted octanol–water partition coefficient (Wildman–Crippen LogP) is 2.99. The zero-order valence-electron chi connectivity index (χ0n) is 11.5. The monoisotopic (exact) mass is 240 g/mol. The first-order valence-corrected chi connectivity index (χ1v) is 6.27. The molecular formula is C13H24N2O2. The lowest BCUT2D eigenvalue weighted by Crippen LogP contribution is -2.27. The van der Waals surface area contributed by atoms with Crippen LogP contribution in [0.4, 0.5) is 0 Å². The number of nitrogens with zero attached hydrogens (tertiary/aromatic N) is 1. The van der Waals surface area contributed by atoms with E-state index in [9.17, 15) is 0 Å². The fourth-order valence-corrected chi connectivity index (χ4v) is 1.21. The van der Waals surface area contributed by atoms with Crippen molar-refractivity contribution in [2.45, 2.75) is 53.2 Å². The van der Waals surface area contributed by atoms with Crippen LogP contribution in [-0.2, 0) is 6.54 Å². The highest BCUT2D eigenvalue weighted by atomic mass is 16.6. The van der Waals surface area contributed by atoms with Gasteiger partial charge in [-0.25, -0.2) is 0 Å². The summed E-state index contributed by atoms with van der Waals surface area (Å²) in [6.45, 7) is 12.2. The normalized spacial score (nSPS) is 12.1. The van der Waals surface area contributed by atoms with Crippen molar-refractivity contribution in [3.8, 4) is 6.08 Å². The van der Waals surface area contributed by atoms with Crippen molar-refractivity contribution in [2.75, 3.05) is 6.54 Å². The number of hydrogen-bond acceptors (Lipinski definition) is 4. The van der Waals surface area contributed by atoms with Crippen LogP contribution in [0.25, 0.3) is 0 Å². The molecule has 1 aromatic heterocycles. The fraction of sp³-hybridized carbons (Fsp3) is 0.769. The molecule has 0 unspecified atom stereocenters. The lowest BCUT2D eigenvalue weighted by atomic mass is 10.1. The molecule has 0 aliphatic heterocycles. The van der Waals surface area contributed by atoms with E-state index in [2.05, 4.69) is 31.1 Å². The van der Waals surface area contributed by atoms with Crippen LogP contribution < -0.4 is 10.1 Å². The van der Waals surface area contributed by atoms with Gasteiger partial charge in [0.2, 0.25) is 0 Å². The number of ether oxygens (including phenoxy) is 1. The maximum atomic E-state index is 5.65. The Hall–Kier alpha value is -1.03. The number of hydrogen-bond donors (Lipinski definition) is 1. The van der Waals surface area contributed by atoms with Gasteiger partial charge in [0, 0.05) is 6.54 Å². The van der Waals surface area contributed by atoms with Gasteiger partial charge in [0.05, 0.1) is 5.69 Å². The lowest BCUT2D eigenvalue weighted by molar-refractivity contribution is 0.0666. The molecule has 4 nitrogen and oxygen atoms in total. The first-order valence-electron chi connectivity index (χ1n) is 6.27. The Bertz CT molecular complexity index is 332. The van der Waals surface area contributed by atoms with Crippen LogP contribution >= 0.6 is 0 Å². The average molecular weight is 240 g/mol. The summed E-state index contributed by atoms with van der Waals surface area (Å²) >= 11 is 0. The van der Waals surface area contributed by atoms with Crippen LogP contribution in [0.2, 0.25) is 0 Å². The van der Waals surface area contributed by atoms with Gasteiger partial charge in [-0.3, -0.25) is 0 Å². The smallest absolute Gasteiger partial charge is 0.394 e. The van der Waals surface area contributed by atoms with Crippen molar-refractivity contribution >= 4 is 0 Å². The Labute approximate surface area is 104 Å². The summed E-state index contributed by atoms with van der Waals surface area (Å²) in [6, 6.07) is 0. The van der Waals surface area contributed by atoms with E-state index in [1.165, 1.54) is 0 Å². The average Bonchev–Trinajstić information content (AvgIpc) is 2.64. The highest BCUT2D eigenvalue weighted by Crippen LogP contribution is 2.19. The molecule has 4 heteroatoms. The maximum absolute atomic E-state index is 5.65. The maximum Gasteiger partial charge on any atom is 0.394 e. The van der Waals surface area contributed by atoms with Crippen LogP contribution in [-0.4, -0.2) is 17.1 Å². The van der Waals surface area contributed by atoms with Crippen molar-refractivity contribution in [2.24, 2.45) is 5.92 Å². The standard InChI is InChI=1S/C13H24N2O2/c1-6-13(4,5)17-12-15-11(9-16-12)8-14-7-10(2)3/h9-10,14H,6-8H2,1-5H3. The molecule has 0 aliphatic rings. The first kappa shape index (κ1) is 14.0. The molecule has 0 aromatic carbocycles. The highest BCUT2D eigenvalue weighted by Gasteiger charge is 2.19. The van der Waals surface area contributed by atoms with E-state index in [1.54, 1.807) is 6.26 Å². The molecule has 0 bridgehead atoms. The quantitative estimate of drug-likeness (QED) is 0.796. The lowest BCUT2D eigenvalue weighted by Gasteiger charge is -2.21. The van der Waals surface area contributed by atoms with Crippen LogP contribution in [0, 0.1) is 5.92 Å². The Morgan fingerprint density at radius 1 is 1.47 bits per heavy atom. The Balaban J connectivity index is 2.43. The van der Waals surface area contributed by atoms with E-state index in [1.807, 2.05) is 13.8 Å². The summed E-state index contributed by atoms with van der Waals surface area (Å²) in [7, 11) is 0. The zero-order chi connectivity index (χ0) is 12.9. The summed E-state index contributed by atoms with van der Waals surface area (Å²) in [5.41, 5.74) is 0.653. The SMILES string of the molecule is CCC(C)(C)Oc1nc(CNCC(C)C)co1. The summed E-state index contributed by atoms with van der Waals surface area (Å²) in [5.74, 6) is 0.636. The van der Waals surface area contributed by atoms with Gasteiger partial charge in [0.15, 0.2) is 0 Å². The van der Waals surface area contributed by atoms with E-state index in [0.29, 0.717) is 12.0 Å². The number of aromatic nitrogens is 1. The minimum Gasteiger partial charge on any atom is -0.444 e. The van der Waals surface area contributed by atoms with Crippen LogP contribution in [0.3, 0.4) is 0 Å². The molecule has 1 aromatic rings. The minimum absolute atomic E-state index is 0.229. The van der Waals surface area contributed by atoms with Crippen molar-refractivity contribution < 1.29 is 9.15 Å². The molecule has 0 fully saturated rings. The number of nitrogens with one attached hydrogen (secondary N) is 1. The Morgan fingerprint density at radius 2 is 2.18 bits per heavy atom. The first-order chi connectivity index (χ1) is 7.93. The van der Waals surface area contributed by atoms with Crippen molar-refractivity contribution in [1.82, 2.24) is 10.3 Å². The molecule has 1 rings (SSSR count). The molecule has 0 saturated heterocycles. The largest absolute Gasteiger partial charge is 0.444 e. The molecule has 0 amide bonds. The van der Waals surface area contributed by atoms with E-state index in [-0.39, 0.29) is 5.60 Å². The van der Waals surface area contributed by atoms with E-state index < -0.39 is 0 Å². The third kappa shape index (κ3) is 5.22. The summed E-state index contributed by atoms with van der Waals surface area (Å²) in [6.07, 6.45) is 2.92. The van der Waals surface area contributed by atoms with Crippen LogP contribution in [0.15, 0.2) is 10.7 Å². The molecule has 98 valence electrons. The van der Waals surface area contributed by atoms with Gasteiger partial charge in [-0.2, -0.15) is 4.98 Å². The van der Waals surface area contributed by atoms with Crippen LogP contribution in [0.1, 0.15) is 46.7 Å². The van der Waals surface area contributed by atoms with Crippen LogP contribution in [0.5, 0.6) is 6.08 Å². The molecule has 17 heavy (non-hydrogen) atoms. The molecule has 0 aliphatic carbocycles. The second-order valence-electron chi connectivity index (χ2n) is 5.34. The molecular weight excluding hydrogens is 216 g/mol. The molecule has 0 spiro atoms. The predicted molar refractivity (Wildman–Crippen MR) is 68.0 cm³/mol. The second-order valence-corrected chi connectivity index (χ2v) is 5.34. The van der Waals surface area contributed by atoms with Gasteiger partial charge in [-0.15, -0.1) is 0 Å². The van der Waals surface area contributed by atoms with Gasteiger partial charge in [0.25, 0.3) is 0 Å². The minimum atomic E-state index is -0.229. The van der Waals surface area contributed by atoms with E-state index in [4.69, 9.17) is 9.15 Å². The number of rotatable bonds is 7. The highest BCUT2D eigenvalue weighted by molar-refractivity contribution is 5.00. The molecule has 1 N–H and O–H groups in total. The van der Waals surface area contributed by atoms with E-state index in [0.717, 1.165) is 25.2 Å². The third-order valence-corrected chi connectivity index (χ3v) is 2.60. The van der Waals surface area contributed by atoms with Gasteiger partial charge in [0.1, 0.15) is 11.9 Å². The van der Waals surface area contributed by atoms with Gasteiger partial charge >= 0.3 is 6.08 Å². The van der Waals surface area contributed by atoms with Gasteiger partial charge < -0.3 is 14.5 Å². The van der Waals surface area contributed by atoms with E-state index >= 15 is 0 Å². The molecule has 0 atom stereocenters. The van der Waals surface area contributed by atoms with Gasteiger partial charge in [-0.05, 0) is 32.7 Å². The summed E-state index contributed by atoms with van der Waals surface area (Å²) in [5, 5.41) is 3.31. The third-order valence-electron chi connectivity index (χ3n) is 2.60. The topological polar surface area (TPSA) is 47.3 Å². The zero-order valence-corrected chi connectivity index (χ0v) is 11.5. The van der Waals surface area contributed by atoms with Crippen molar-refractivity contribution in [1.29, 1.82) is 0 Å². The summed E-state index contributed by atoms with van der Waals surface area (Å²) in [4.78, 5) is 4.29. The Kier molecular flexibility index (Phi) is 5.00. The van der Waals surface area contributed by atoms with Crippen molar-refractivity contribution in [3.05, 3.63) is 12.0 Å². The molecule has 0 saturated carbocycles. The summed E-state index contributed by atoms with van der Waals surface area (Å²) < 4.78 is 10.9. The number of oxazole rings is 1. The second kappa shape index (κ2) is 6.05.